The minimum Gasteiger partial charge on any atom is -0.302 e. The maximum atomic E-state index is 3.52. The van der Waals surface area contributed by atoms with Crippen LogP contribution in [0.25, 0.3) is 0 Å². The first kappa shape index (κ1) is 8.63. The number of nitrogens with zero attached hydrogens (tertiary/aromatic N) is 1. The van der Waals surface area contributed by atoms with E-state index in [1.54, 1.807) is 0 Å². The summed E-state index contributed by atoms with van der Waals surface area (Å²) in [6, 6.07) is 10.3. The van der Waals surface area contributed by atoms with Gasteiger partial charge in [0.05, 0.1) is 12.2 Å². The molecule has 0 radical (unpaired) electrons. The molecule has 0 saturated carbocycles. The molecule has 0 fully saturated rings. The van der Waals surface area contributed by atoms with Crippen molar-refractivity contribution in [3.05, 3.63) is 40.5 Å². The van der Waals surface area contributed by atoms with Gasteiger partial charge in [-0.3, -0.25) is 5.01 Å². The average Bonchev–Trinajstić information content (AvgIpc) is 2.49. The van der Waals surface area contributed by atoms with E-state index in [0.717, 1.165) is 6.54 Å². The molecule has 2 nitrogen and oxygen atoms in total. The maximum Gasteiger partial charge on any atom is 0.0727 e. The minimum atomic E-state index is 0.899. The van der Waals surface area contributed by atoms with Crippen LogP contribution in [-0.4, -0.2) is 6.54 Å². The fourth-order valence-electron chi connectivity index (χ4n) is 1.32. The van der Waals surface area contributed by atoms with E-state index in [2.05, 4.69) is 45.4 Å². The molecule has 1 aliphatic rings. The van der Waals surface area contributed by atoms with Gasteiger partial charge >= 0.3 is 0 Å². The first-order valence-corrected chi connectivity index (χ1v) is 5.01. The number of para-hydroxylation sites is 1. The second-order valence-corrected chi connectivity index (χ2v) is 4.02. The first-order chi connectivity index (χ1) is 6.27. The van der Waals surface area contributed by atoms with Gasteiger partial charge in [-0.05, 0) is 19.1 Å². The van der Waals surface area contributed by atoms with Crippen LogP contribution in [0.2, 0.25) is 0 Å². The highest BCUT2D eigenvalue weighted by Gasteiger charge is 2.16. The highest BCUT2D eigenvalue weighted by molar-refractivity contribution is 9.11. The van der Waals surface area contributed by atoms with E-state index in [1.165, 1.54) is 15.9 Å². The lowest BCUT2D eigenvalue weighted by Crippen LogP contribution is -2.31. The van der Waals surface area contributed by atoms with Gasteiger partial charge in [-0.25, -0.2) is 0 Å². The third-order valence-corrected chi connectivity index (χ3v) is 2.92. The van der Waals surface area contributed by atoms with Gasteiger partial charge in [-0.1, -0.05) is 34.1 Å². The van der Waals surface area contributed by atoms with Gasteiger partial charge in [0.2, 0.25) is 0 Å². The fraction of sp³-hybridized carbons (Fsp3) is 0.200. The number of halogens is 1. The van der Waals surface area contributed by atoms with Gasteiger partial charge in [0, 0.05) is 10.2 Å². The average molecular weight is 239 g/mol. The predicted octanol–water partition coefficient (Wildman–Crippen LogP) is 2.64. The second kappa shape index (κ2) is 3.42. The van der Waals surface area contributed by atoms with Crippen molar-refractivity contribution >= 4 is 21.6 Å². The Balaban J connectivity index is 2.16. The molecule has 0 aromatic heterocycles. The zero-order valence-corrected chi connectivity index (χ0v) is 9.01. The van der Waals surface area contributed by atoms with E-state index in [-0.39, 0.29) is 0 Å². The number of hydrogen-bond donors (Lipinski definition) is 1. The van der Waals surface area contributed by atoms with Crippen molar-refractivity contribution in [2.75, 3.05) is 11.6 Å². The summed E-state index contributed by atoms with van der Waals surface area (Å²) in [5, 5.41) is 2.11. The van der Waals surface area contributed by atoms with E-state index < -0.39 is 0 Å². The first-order valence-electron chi connectivity index (χ1n) is 4.22. The zero-order chi connectivity index (χ0) is 9.26. The molecule has 1 aliphatic heterocycles. The van der Waals surface area contributed by atoms with Crippen molar-refractivity contribution < 1.29 is 0 Å². The Morgan fingerprint density at radius 3 is 2.54 bits per heavy atom. The summed E-state index contributed by atoms with van der Waals surface area (Å²) >= 11 is 3.52. The van der Waals surface area contributed by atoms with Crippen molar-refractivity contribution in [1.29, 1.82) is 0 Å². The van der Waals surface area contributed by atoms with E-state index in [9.17, 15) is 0 Å². The van der Waals surface area contributed by atoms with Crippen molar-refractivity contribution in [2.45, 2.75) is 6.92 Å². The van der Waals surface area contributed by atoms with Crippen LogP contribution in [0.5, 0.6) is 0 Å². The molecule has 13 heavy (non-hydrogen) atoms. The van der Waals surface area contributed by atoms with Crippen molar-refractivity contribution in [3.8, 4) is 0 Å². The van der Waals surface area contributed by atoms with Crippen LogP contribution < -0.4 is 10.4 Å². The minimum absolute atomic E-state index is 0.899. The molecule has 1 aromatic rings. The van der Waals surface area contributed by atoms with Crippen LogP contribution in [0, 0.1) is 0 Å². The third-order valence-electron chi connectivity index (χ3n) is 2.07. The number of anilines is 1. The molecular formula is C10H11BrN2. The summed E-state index contributed by atoms with van der Waals surface area (Å²) in [4.78, 5) is 0. The van der Waals surface area contributed by atoms with E-state index in [1.807, 2.05) is 18.2 Å². The van der Waals surface area contributed by atoms with Gasteiger partial charge in [0.1, 0.15) is 0 Å². The van der Waals surface area contributed by atoms with Gasteiger partial charge in [0.15, 0.2) is 0 Å². The smallest absolute Gasteiger partial charge is 0.0727 e. The highest BCUT2D eigenvalue weighted by atomic mass is 79.9. The number of rotatable bonds is 1. The standard InChI is InChI=1S/C10H11BrN2/c1-8-10(11)7-13(12-8)9-5-3-2-4-6-9/h2-6,12H,7H2,1H3. The number of benzene rings is 1. The van der Waals surface area contributed by atoms with Crippen LogP contribution in [0.1, 0.15) is 6.92 Å². The Morgan fingerprint density at radius 1 is 1.31 bits per heavy atom. The molecular weight excluding hydrogens is 228 g/mol. The molecule has 0 bridgehead atoms. The summed E-state index contributed by atoms with van der Waals surface area (Å²) in [6.45, 7) is 2.96. The monoisotopic (exact) mass is 238 g/mol. The molecule has 1 heterocycles. The Hall–Kier alpha value is -0.960. The lowest BCUT2D eigenvalue weighted by atomic mass is 10.3. The van der Waals surface area contributed by atoms with Crippen LogP contribution in [0.3, 0.4) is 0 Å². The van der Waals surface area contributed by atoms with Crippen LogP contribution >= 0.6 is 15.9 Å². The van der Waals surface area contributed by atoms with E-state index in [0.29, 0.717) is 0 Å². The Morgan fingerprint density at radius 2 is 2.00 bits per heavy atom. The number of hydrogen-bond acceptors (Lipinski definition) is 2. The summed E-state index contributed by atoms with van der Waals surface area (Å²) in [5.74, 6) is 0. The largest absolute Gasteiger partial charge is 0.302 e. The number of hydrazine groups is 1. The quantitative estimate of drug-likeness (QED) is 0.810. The fourth-order valence-corrected chi connectivity index (χ4v) is 1.66. The molecule has 0 unspecified atom stereocenters. The molecule has 1 aromatic carbocycles. The lowest BCUT2D eigenvalue weighted by Gasteiger charge is -2.19. The molecule has 0 atom stereocenters. The third kappa shape index (κ3) is 1.70. The van der Waals surface area contributed by atoms with Gasteiger partial charge < -0.3 is 5.43 Å². The molecule has 68 valence electrons. The van der Waals surface area contributed by atoms with E-state index in [4.69, 9.17) is 0 Å². The maximum absolute atomic E-state index is 3.52. The topological polar surface area (TPSA) is 15.3 Å². The van der Waals surface area contributed by atoms with Crippen LogP contribution in [0.15, 0.2) is 40.5 Å². The van der Waals surface area contributed by atoms with Crippen LogP contribution in [-0.2, 0) is 0 Å². The summed E-state index contributed by atoms with van der Waals surface area (Å²) in [7, 11) is 0. The normalized spacial score (nSPS) is 16.3. The van der Waals surface area contributed by atoms with Crippen LogP contribution in [0.4, 0.5) is 5.69 Å². The Labute approximate surface area is 86.3 Å². The molecule has 1 N–H and O–H groups in total. The van der Waals surface area contributed by atoms with E-state index >= 15 is 0 Å². The summed E-state index contributed by atoms with van der Waals surface area (Å²) < 4.78 is 1.22. The highest BCUT2D eigenvalue weighted by Crippen LogP contribution is 2.22. The Bertz CT molecular complexity index is 318. The lowest BCUT2D eigenvalue weighted by molar-refractivity contribution is 0.805. The number of nitrogens with one attached hydrogen (secondary N) is 1. The van der Waals surface area contributed by atoms with Gasteiger partial charge in [-0.2, -0.15) is 0 Å². The molecule has 3 heteroatoms. The molecule has 0 aliphatic carbocycles. The summed E-state index contributed by atoms with van der Waals surface area (Å²) in [6.07, 6.45) is 0. The molecule has 2 rings (SSSR count). The SMILES string of the molecule is CC1=C(Br)CN(c2ccccc2)N1. The Kier molecular flexibility index (Phi) is 2.27. The molecule has 0 spiro atoms. The predicted molar refractivity (Wildman–Crippen MR) is 58.6 cm³/mol. The summed E-state index contributed by atoms with van der Waals surface area (Å²) in [5.41, 5.74) is 5.66. The molecule has 0 saturated heterocycles. The van der Waals surface area contributed by atoms with Gasteiger partial charge in [-0.15, -0.1) is 0 Å². The van der Waals surface area contributed by atoms with Gasteiger partial charge in [0.25, 0.3) is 0 Å². The number of allylic oxidation sites excluding steroid dienone is 1. The zero-order valence-electron chi connectivity index (χ0n) is 7.42. The molecule has 0 amide bonds. The second-order valence-electron chi connectivity index (χ2n) is 3.06. The van der Waals surface area contributed by atoms with Crippen molar-refractivity contribution in [1.82, 2.24) is 5.43 Å². The van der Waals surface area contributed by atoms with Crippen molar-refractivity contribution in [2.24, 2.45) is 0 Å². The van der Waals surface area contributed by atoms with Crippen molar-refractivity contribution in [3.63, 3.8) is 0 Å².